The molecular weight excluding hydrogens is 499 g/mol. The van der Waals surface area contributed by atoms with Crippen LogP contribution in [-0.4, -0.2) is 50.3 Å². The van der Waals surface area contributed by atoms with E-state index in [1.165, 1.54) is 19.6 Å². The minimum atomic E-state index is -4.40. The molecular formula is C26H24F3N7O2. The van der Waals surface area contributed by atoms with Crippen LogP contribution in [0.1, 0.15) is 30.4 Å². The van der Waals surface area contributed by atoms with Gasteiger partial charge in [-0.05, 0) is 53.8 Å². The minimum Gasteiger partial charge on any atom is -0.491 e. The summed E-state index contributed by atoms with van der Waals surface area (Å²) in [6.07, 6.45) is 3.43. The van der Waals surface area contributed by atoms with Crippen molar-refractivity contribution in [3.05, 3.63) is 36.4 Å². The average molecular weight is 524 g/mol. The lowest BCUT2D eigenvalue weighted by molar-refractivity contribution is -0.626. The van der Waals surface area contributed by atoms with Crippen LogP contribution in [0.5, 0.6) is 11.6 Å². The maximum atomic E-state index is 13.5. The predicted molar refractivity (Wildman–Crippen MR) is 125 cm³/mol. The highest BCUT2D eigenvalue weighted by molar-refractivity contribution is 5.65. The van der Waals surface area contributed by atoms with E-state index in [0.717, 1.165) is 25.2 Å². The summed E-state index contributed by atoms with van der Waals surface area (Å²) in [6.45, 7) is 0.771. The smallest absolute Gasteiger partial charge is 0.434 e. The van der Waals surface area contributed by atoms with Gasteiger partial charge in [0.25, 0.3) is 0 Å². The Hall–Kier alpha value is -3.44. The van der Waals surface area contributed by atoms with E-state index >= 15 is 0 Å². The third kappa shape index (κ3) is 2.06. The molecule has 0 radical (unpaired) electrons. The van der Waals surface area contributed by atoms with E-state index in [4.69, 9.17) is 14.5 Å². The molecule has 196 valence electrons. The normalized spacial score (nSPS) is 38.1. The van der Waals surface area contributed by atoms with Crippen molar-refractivity contribution >= 4 is 5.82 Å². The van der Waals surface area contributed by atoms with E-state index in [1.807, 2.05) is 4.57 Å². The van der Waals surface area contributed by atoms with Gasteiger partial charge in [0.15, 0.2) is 23.1 Å². The van der Waals surface area contributed by atoms with Crippen LogP contribution in [0, 0.1) is 40.9 Å². The molecule has 0 saturated heterocycles. The van der Waals surface area contributed by atoms with Crippen molar-refractivity contribution in [1.29, 1.82) is 0 Å². The standard InChI is InChI=1S/C26H24F3N7O2/c1-37-12-6-31-20(11-5-30-9-33-22(11)38-2)35-21(12)32-8-24-14-17-15(24)19-16(24)18(14)25(17,19)23-34-13(26(27,28)29)7-36(23)10-3-4-10/h5-7,9-10,14-19H,3-4,8H2,1-2H3,(H,31,32,35). The highest BCUT2D eigenvalue weighted by Crippen LogP contribution is 3.09. The number of anilines is 1. The maximum absolute atomic E-state index is 13.5. The van der Waals surface area contributed by atoms with Crippen LogP contribution in [0.15, 0.2) is 24.9 Å². The number of ether oxygens (including phenoxy) is 2. The molecule has 0 bridgehead atoms. The summed E-state index contributed by atoms with van der Waals surface area (Å²) >= 11 is 0. The van der Waals surface area contributed by atoms with E-state index < -0.39 is 11.9 Å². The quantitative estimate of drug-likeness (QED) is 0.478. The maximum Gasteiger partial charge on any atom is 0.434 e. The van der Waals surface area contributed by atoms with E-state index in [1.54, 1.807) is 19.5 Å². The second kappa shape index (κ2) is 6.40. The van der Waals surface area contributed by atoms with Gasteiger partial charge in [0.05, 0.1) is 26.0 Å². The van der Waals surface area contributed by atoms with Crippen molar-refractivity contribution in [3.8, 4) is 23.0 Å². The molecule has 0 amide bonds. The fraction of sp³-hybridized carbons (Fsp3) is 0.577. The number of rotatable bonds is 8. The molecule has 7 saturated carbocycles. The van der Waals surface area contributed by atoms with Gasteiger partial charge in [0, 0.05) is 30.4 Å². The van der Waals surface area contributed by atoms with Crippen molar-refractivity contribution in [3.63, 3.8) is 0 Å². The van der Waals surface area contributed by atoms with Gasteiger partial charge in [-0.1, -0.05) is 0 Å². The second-order valence-electron chi connectivity index (χ2n) is 11.7. The molecule has 12 heteroatoms. The van der Waals surface area contributed by atoms with Crippen molar-refractivity contribution in [1.82, 2.24) is 29.5 Å². The summed E-state index contributed by atoms with van der Waals surface area (Å²) in [7, 11) is 3.12. The molecule has 0 atom stereocenters. The molecule has 7 aliphatic rings. The molecule has 0 aliphatic heterocycles. The first-order valence-corrected chi connectivity index (χ1v) is 13.0. The van der Waals surface area contributed by atoms with Gasteiger partial charge in [0.2, 0.25) is 5.88 Å². The highest BCUT2D eigenvalue weighted by Gasteiger charge is 3.10. The number of halogens is 3. The Labute approximate surface area is 215 Å². The Morgan fingerprint density at radius 2 is 1.74 bits per heavy atom. The number of hydrogen-bond acceptors (Lipinski definition) is 8. The third-order valence-electron chi connectivity index (χ3n) is 10.8. The molecule has 9 nitrogen and oxygen atoms in total. The van der Waals surface area contributed by atoms with Crippen LogP contribution in [0.3, 0.4) is 0 Å². The van der Waals surface area contributed by atoms with Gasteiger partial charge >= 0.3 is 6.18 Å². The Morgan fingerprint density at radius 3 is 2.37 bits per heavy atom. The van der Waals surface area contributed by atoms with Crippen LogP contribution in [0.25, 0.3) is 11.4 Å². The number of imidazole rings is 1. The molecule has 7 aliphatic carbocycles. The minimum absolute atomic E-state index is 0.0997. The number of hydrogen-bond donors (Lipinski definition) is 1. The van der Waals surface area contributed by atoms with Crippen LogP contribution in [-0.2, 0) is 11.6 Å². The zero-order chi connectivity index (χ0) is 25.8. The average Bonchev–Trinajstić information content (AvgIpc) is 3.68. The Morgan fingerprint density at radius 1 is 1.00 bits per heavy atom. The monoisotopic (exact) mass is 523 g/mol. The number of aromatic nitrogens is 6. The molecule has 0 unspecified atom stereocenters. The molecule has 7 fully saturated rings. The second-order valence-corrected chi connectivity index (χ2v) is 11.7. The first-order valence-electron chi connectivity index (χ1n) is 13.0. The van der Waals surface area contributed by atoms with Crippen molar-refractivity contribution < 1.29 is 22.6 Å². The highest BCUT2D eigenvalue weighted by atomic mass is 19.4. The molecule has 1 N–H and O–H groups in total. The summed E-state index contributed by atoms with van der Waals surface area (Å²) in [5.74, 6) is 5.80. The predicted octanol–water partition coefficient (Wildman–Crippen LogP) is 3.60. The molecule has 3 aromatic rings. The number of nitrogens with one attached hydrogen (secondary N) is 1. The van der Waals surface area contributed by atoms with Gasteiger partial charge in [0.1, 0.15) is 12.2 Å². The van der Waals surface area contributed by atoms with Crippen LogP contribution in [0.2, 0.25) is 0 Å². The van der Waals surface area contributed by atoms with Gasteiger partial charge < -0.3 is 19.4 Å². The largest absolute Gasteiger partial charge is 0.491 e. The fourth-order valence-electron chi connectivity index (χ4n) is 9.68. The van der Waals surface area contributed by atoms with Crippen molar-refractivity contribution in [2.45, 2.75) is 30.5 Å². The van der Waals surface area contributed by atoms with Crippen LogP contribution < -0.4 is 14.8 Å². The summed E-state index contributed by atoms with van der Waals surface area (Å²) in [4.78, 5) is 21.6. The lowest BCUT2D eigenvalue weighted by Gasteiger charge is -3.11. The fourth-order valence-corrected chi connectivity index (χ4v) is 9.68. The molecule has 3 heterocycles. The van der Waals surface area contributed by atoms with Gasteiger partial charge in [-0.3, -0.25) is 0 Å². The van der Waals surface area contributed by atoms with E-state index in [2.05, 4.69) is 25.3 Å². The first kappa shape index (κ1) is 21.5. The zero-order valence-corrected chi connectivity index (χ0v) is 20.6. The summed E-state index contributed by atoms with van der Waals surface area (Å²) in [6, 6.07) is 0.193. The third-order valence-corrected chi connectivity index (χ3v) is 10.8. The zero-order valence-electron chi connectivity index (χ0n) is 20.6. The Kier molecular flexibility index (Phi) is 3.62. The van der Waals surface area contributed by atoms with Crippen molar-refractivity contribution in [2.24, 2.45) is 40.9 Å². The van der Waals surface area contributed by atoms with E-state index in [-0.39, 0.29) is 16.9 Å². The first-order chi connectivity index (χ1) is 18.4. The summed E-state index contributed by atoms with van der Waals surface area (Å²) < 4.78 is 53.4. The molecule has 3 aromatic heterocycles. The number of nitrogens with zero attached hydrogens (tertiary/aromatic N) is 6. The topological polar surface area (TPSA) is 99.9 Å². The molecule has 10 rings (SSSR count). The van der Waals surface area contributed by atoms with Gasteiger partial charge in [-0.2, -0.15) is 13.2 Å². The molecule has 0 spiro atoms. The van der Waals surface area contributed by atoms with Crippen LogP contribution in [0.4, 0.5) is 19.0 Å². The Bertz CT molecular complexity index is 1480. The van der Waals surface area contributed by atoms with Crippen LogP contribution >= 0.6 is 0 Å². The SMILES string of the molecule is COc1cnc(-c2cncnc2OC)nc1NCC12C3C4C1C1C2C3C41c1nc(C(F)(F)F)cn1C1CC1. The van der Waals surface area contributed by atoms with E-state index in [0.29, 0.717) is 64.3 Å². The molecule has 38 heavy (non-hydrogen) atoms. The van der Waals surface area contributed by atoms with E-state index in [9.17, 15) is 13.2 Å². The summed E-state index contributed by atoms with van der Waals surface area (Å²) in [5, 5.41) is 3.54. The summed E-state index contributed by atoms with van der Waals surface area (Å²) in [5.41, 5.74) is -0.0210. The number of methoxy groups -OCH3 is 2. The number of alkyl halides is 3. The van der Waals surface area contributed by atoms with Gasteiger partial charge in [-0.25, -0.2) is 24.9 Å². The van der Waals surface area contributed by atoms with Crippen molar-refractivity contribution in [2.75, 3.05) is 26.1 Å². The lowest BCUT2D eigenvalue weighted by atomic mass is 8.92. The molecule has 0 aromatic carbocycles. The lowest BCUT2D eigenvalue weighted by Crippen LogP contribution is -3.12. The van der Waals surface area contributed by atoms with Gasteiger partial charge in [-0.15, -0.1) is 0 Å². The Balaban J connectivity index is 0.976.